The first-order valence-electron chi connectivity index (χ1n) is 6.09. The molecule has 8 heteroatoms. The van der Waals surface area contributed by atoms with E-state index in [0.29, 0.717) is 18.9 Å². The molecule has 0 amide bonds. The Kier molecular flexibility index (Phi) is 4.39. The molecule has 0 saturated carbocycles. The summed E-state index contributed by atoms with van der Waals surface area (Å²) in [4.78, 5) is 28.3. The standard InChI is InChI=1S/C13H12N4O4/c18-12(19)10-3-1-9(2-4-10)5-6-14-13-15-7-11(8-16-13)17(20)21/h1-4,7-8H,5-6H2,(H,18,19)(H,14,15,16). The second kappa shape index (κ2) is 6.42. The molecule has 1 aromatic carbocycles. The Morgan fingerprint density at radius 3 is 2.38 bits per heavy atom. The van der Waals surface area contributed by atoms with Crippen LogP contribution in [-0.4, -0.2) is 32.5 Å². The number of aromatic nitrogens is 2. The first kappa shape index (κ1) is 14.4. The van der Waals surface area contributed by atoms with Gasteiger partial charge >= 0.3 is 11.7 Å². The molecule has 0 atom stereocenters. The van der Waals surface area contributed by atoms with Crippen molar-refractivity contribution >= 4 is 17.6 Å². The number of hydrogen-bond acceptors (Lipinski definition) is 6. The average Bonchev–Trinajstić information content (AvgIpc) is 2.48. The molecule has 108 valence electrons. The van der Waals surface area contributed by atoms with Crippen LogP contribution in [-0.2, 0) is 6.42 Å². The smallest absolute Gasteiger partial charge is 0.335 e. The maximum absolute atomic E-state index is 10.7. The van der Waals surface area contributed by atoms with Crippen molar-refractivity contribution in [3.05, 3.63) is 57.9 Å². The number of aromatic carboxylic acids is 1. The number of nitrogens with one attached hydrogen (secondary N) is 1. The Morgan fingerprint density at radius 2 is 1.86 bits per heavy atom. The molecule has 0 aliphatic rings. The van der Waals surface area contributed by atoms with Crippen LogP contribution in [0.3, 0.4) is 0 Å². The van der Waals surface area contributed by atoms with Crippen molar-refractivity contribution in [2.75, 3.05) is 11.9 Å². The molecule has 21 heavy (non-hydrogen) atoms. The number of hydrogen-bond donors (Lipinski definition) is 2. The number of carboxylic acids is 1. The van der Waals surface area contributed by atoms with Crippen LogP contribution in [0.5, 0.6) is 0 Å². The zero-order valence-corrected chi connectivity index (χ0v) is 10.9. The van der Waals surface area contributed by atoms with E-state index < -0.39 is 10.9 Å². The molecule has 0 unspecified atom stereocenters. The van der Waals surface area contributed by atoms with Crippen LogP contribution >= 0.6 is 0 Å². The predicted octanol–water partition coefficient (Wildman–Crippen LogP) is 1.74. The van der Waals surface area contributed by atoms with Crippen LogP contribution in [0, 0.1) is 10.1 Å². The number of carboxylic acid groups (broad SMARTS) is 1. The van der Waals surface area contributed by atoms with E-state index in [1.165, 1.54) is 0 Å². The molecule has 2 aromatic rings. The van der Waals surface area contributed by atoms with Crippen LogP contribution in [0.15, 0.2) is 36.7 Å². The minimum Gasteiger partial charge on any atom is -0.478 e. The molecular formula is C13H12N4O4. The number of anilines is 1. The molecule has 2 N–H and O–H groups in total. The number of nitro groups is 1. The lowest BCUT2D eigenvalue weighted by Crippen LogP contribution is -2.08. The maximum Gasteiger partial charge on any atom is 0.335 e. The van der Waals surface area contributed by atoms with E-state index in [1.54, 1.807) is 24.3 Å². The van der Waals surface area contributed by atoms with Crippen molar-refractivity contribution in [2.45, 2.75) is 6.42 Å². The fourth-order valence-corrected chi connectivity index (χ4v) is 1.64. The van der Waals surface area contributed by atoms with E-state index in [-0.39, 0.29) is 11.3 Å². The molecule has 0 spiro atoms. The van der Waals surface area contributed by atoms with Gasteiger partial charge in [0.25, 0.3) is 0 Å². The van der Waals surface area contributed by atoms with E-state index >= 15 is 0 Å². The summed E-state index contributed by atoms with van der Waals surface area (Å²) in [6.45, 7) is 0.532. The van der Waals surface area contributed by atoms with E-state index in [0.717, 1.165) is 18.0 Å². The van der Waals surface area contributed by atoms with Crippen molar-refractivity contribution in [1.29, 1.82) is 0 Å². The van der Waals surface area contributed by atoms with Gasteiger partial charge in [-0.3, -0.25) is 10.1 Å². The van der Waals surface area contributed by atoms with Gasteiger partial charge in [0.15, 0.2) is 0 Å². The van der Waals surface area contributed by atoms with Crippen molar-refractivity contribution in [3.8, 4) is 0 Å². The molecule has 0 saturated heterocycles. The lowest BCUT2D eigenvalue weighted by atomic mass is 10.1. The highest BCUT2D eigenvalue weighted by molar-refractivity contribution is 5.87. The zero-order chi connectivity index (χ0) is 15.2. The first-order valence-corrected chi connectivity index (χ1v) is 6.09. The van der Waals surface area contributed by atoms with Crippen molar-refractivity contribution in [3.63, 3.8) is 0 Å². The molecular weight excluding hydrogens is 276 g/mol. The predicted molar refractivity (Wildman–Crippen MR) is 74.3 cm³/mol. The summed E-state index contributed by atoms with van der Waals surface area (Å²) in [5.74, 6) is -0.651. The minimum atomic E-state index is -0.959. The highest BCUT2D eigenvalue weighted by Crippen LogP contribution is 2.09. The van der Waals surface area contributed by atoms with E-state index in [9.17, 15) is 14.9 Å². The molecule has 0 bridgehead atoms. The number of nitrogens with zero attached hydrogens (tertiary/aromatic N) is 3. The van der Waals surface area contributed by atoms with E-state index in [1.807, 2.05) is 0 Å². The average molecular weight is 288 g/mol. The van der Waals surface area contributed by atoms with Crippen LogP contribution in [0.1, 0.15) is 15.9 Å². The third kappa shape index (κ3) is 3.96. The maximum atomic E-state index is 10.7. The Morgan fingerprint density at radius 1 is 1.24 bits per heavy atom. The first-order chi connectivity index (χ1) is 10.1. The summed E-state index contributed by atoms with van der Waals surface area (Å²) >= 11 is 0. The van der Waals surface area contributed by atoms with Gasteiger partial charge in [-0.25, -0.2) is 14.8 Å². The Balaban J connectivity index is 1.86. The largest absolute Gasteiger partial charge is 0.478 e. The van der Waals surface area contributed by atoms with Gasteiger partial charge in [0.1, 0.15) is 12.4 Å². The Bertz CT molecular complexity index is 583. The third-order valence-corrected chi connectivity index (χ3v) is 2.75. The van der Waals surface area contributed by atoms with Crippen molar-refractivity contribution < 1.29 is 14.8 Å². The normalized spacial score (nSPS) is 10.1. The van der Waals surface area contributed by atoms with E-state index in [2.05, 4.69) is 15.3 Å². The molecule has 0 aliphatic carbocycles. The molecule has 0 aliphatic heterocycles. The summed E-state index contributed by atoms with van der Waals surface area (Å²) in [7, 11) is 0. The van der Waals surface area contributed by atoms with Crippen molar-refractivity contribution in [2.24, 2.45) is 0 Å². The number of benzene rings is 1. The third-order valence-electron chi connectivity index (χ3n) is 2.75. The Hall–Kier alpha value is -3.03. The summed E-state index contributed by atoms with van der Waals surface area (Å²) < 4.78 is 0. The Labute approximate surface area is 119 Å². The van der Waals surface area contributed by atoms with Crippen LogP contribution in [0.4, 0.5) is 11.6 Å². The monoisotopic (exact) mass is 288 g/mol. The topological polar surface area (TPSA) is 118 Å². The van der Waals surface area contributed by atoms with Gasteiger partial charge in [-0.1, -0.05) is 12.1 Å². The fourth-order valence-electron chi connectivity index (χ4n) is 1.64. The van der Waals surface area contributed by atoms with Crippen LogP contribution in [0.25, 0.3) is 0 Å². The van der Waals surface area contributed by atoms with Crippen LogP contribution < -0.4 is 5.32 Å². The fraction of sp³-hybridized carbons (Fsp3) is 0.154. The summed E-state index contributed by atoms with van der Waals surface area (Å²) in [6, 6.07) is 6.56. The van der Waals surface area contributed by atoms with Gasteiger partial charge in [0.2, 0.25) is 5.95 Å². The molecule has 0 radical (unpaired) electrons. The molecule has 1 heterocycles. The highest BCUT2D eigenvalue weighted by atomic mass is 16.6. The van der Waals surface area contributed by atoms with Gasteiger partial charge < -0.3 is 10.4 Å². The second-order valence-corrected chi connectivity index (χ2v) is 4.20. The minimum absolute atomic E-state index is 0.162. The number of rotatable bonds is 6. The molecule has 2 rings (SSSR count). The molecule has 0 fully saturated rings. The lowest BCUT2D eigenvalue weighted by Gasteiger charge is -2.04. The zero-order valence-electron chi connectivity index (χ0n) is 10.9. The van der Waals surface area contributed by atoms with Gasteiger partial charge in [-0.2, -0.15) is 0 Å². The number of carbonyl (C=O) groups is 1. The van der Waals surface area contributed by atoms with Gasteiger partial charge in [0, 0.05) is 6.54 Å². The SMILES string of the molecule is O=C(O)c1ccc(CCNc2ncc([N+](=O)[O-])cn2)cc1. The van der Waals surface area contributed by atoms with E-state index in [4.69, 9.17) is 5.11 Å². The summed E-state index contributed by atoms with van der Waals surface area (Å²) in [5, 5.41) is 22.2. The van der Waals surface area contributed by atoms with Gasteiger partial charge in [-0.05, 0) is 24.1 Å². The lowest BCUT2D eigenvalue weighted by molar-refractivity contribution is -0.385. The van der Waals surface area contributed by atoms with Crippen molar-refractivity contribution in [1.82, 2.24) is 9.97 Å². The molecule has 1 aromatic heterocycles. The van der Waals surface area contributed by atoms with Gasteiger partial charge in [-0.15, -0.1) is 0 Å². The summed E-state index contributed by atoms with van der Waals surface area (Å²) in [6.07, 6.45) is 2.92. The quantitative estimate of drug-likeness (QED) is 0.613. The van der Waals surface area contributed by atoms with Crippen LogP contribution in [0.2, 0.25) is 0 Å². The highest BCUT2D eigenvalue weighted by Gasteiger charge is 2.06. The second-order valence-electron chi connectivity index (χ2n) is 4.20. The molecule has 8 nitrogen and oxygen atoms in total. The van der Waals surface area contributed by atoms with Gasteiger partial charge in [0.05, 0.1) is 10.5 Å². The summed E-state index contributed by atoms with van der Waals surface area (Å²) in [5.41, 5.74) is 1.05.